The van der Waals surface area contributed by atoms with Crippen LogP contribution in [0.25, 0.3) is 10.8 Å². The lowest BCUT2D eigenvalue weighted by Crippen LogP contribution is -2.37. The highest BCUT2D eigenvalue weighted by molar-refractivity contribution is 5.98. The van der Waals surface area contributed by atoms with E-state index in [1.165, 1.54) is 56.6 Å². The molecule has 2 fully saturated rings. The number of anilines is 1. The molecule has 1 saturated carbocycles. The van der Waals surface area contributed by atoms with Crippen LogP contribution in [0.15, 0.2) is 30.6 Å². The van der Waals surface area contributed by atoms with E-state index >= 15 is 0 Å². The Morgan fingerprint density at radius 2 is 1.97 bits per heavy atom. The third kappa shape index (κ3) is 6.36. The van der Waals surface area contributed by atoms with Gasteiger partial charge in [-0.05, 0) is 56.8 Å². The molecule has 6 heteroatoms. The van der Waals surface area contributed by atoms with E-state index in [2.05, 4.69) is 27.0 Å². The van der Waals surface area contributed by atoms with Crippen molar-refractivity contribution in [2.24, 2.45) is 11.8 Å². The van der Waals surface area contributed by atoms with E-state index in [0.29, 0.717) is 18.2 Å². The van der Waals surface area contributed by atoms with Crippen LogP contribution in [0.1, 0.15) is 56.9 Å². The Labute approximate surface area is 203 Å². The largest absolute Gasteiger partial charge is 0.359 e. The molecule has 0 bridgehead atoms. The summed E-state index contributed by atoms with van der Waals surface area (Å²) < 4.78 is 0. The fourth-order valence-electron chi connectivity index (χ4n) is 5.22. The monoisotopic (exact) mass is 460 g/mol. The molecular formula is C28H36N4O2. The van der Waals surface area contributed by atoms with Crippen molar-refractivity contribution < 1.29 is 9.59 Å². The number of benzene rings is 1. The van der Waals surface area contributed by atoms with Gasteiger partial charge in [0.2, 0.25) is 12.3 Å². The van der Waals surface area contributed by atoms with Crippen molar-refractivity contribution in [3.05, 3.63) is 36.2 Å². The molecule has 2 aliphatic rings. The second-order valence-corrected chi connectivity index (χ2v) is 9.66. The number of likely N-dealkylation sites (tertiary alicyclic amines) is 1. The Kier molecular flexibility index (Phi) is 8.54. The molecule has 1 saturated heterocycles. The molecule has 0 unspecified atom stereocenters. The first-order chi connectivity index (χ1) is 16.7. The Bertz CT molecular complexity index is 1040. The predicted molar refractivity (Wildman–Crippen MR) is 136 cm³/mol. The lowest BCUT2D eigenvalue weighted by atomic mass is 9.88. The number of fused-ring (bicyclic) bond motifs is 1. The number of hydrogen-bond acceptors (Lipinski definition) is 4. The number of nitrogens with one attached hydrogen (secondary N) is 1. The summed E-state index contributed by atoms with van der Waals surface area (Å²) in [5, 5.41) is 4.46. The highest BCUT2D eigenvalue weighted by atomic mass is 16.2. The van der Waals surface area contributed by atoms with Gasteiger partial charge in [0.25, 0.3) is 0 Å². The minimum atomic E-state index is -0.0996. The van der Waals surface area contributed by atoms with Crippen molar-refractivity contribution in [2.75, 3.05) is 38.1 Å². The van der Waals surface area contributed by atoms with Gasteiger partial charge in [0.05, 0.1) is 11.9 Å². The van der Waals surface area contributed by atoms with Crippen LogP contribution in [0.5, 0.6) is 0 Å². The molecule has 1 aliphatic carbocycles. The number of rotatable bonds is 7. The van der Waals surface area contributed by atoms with E-state index in [1.54, 1.807) is 19.4 Å². The molecule has 2 amide bonds. The number of carbonyl (C=O) groups excluding carboxylic acids is 2. The van der Waals surface area contributed by atoms with E-state index in [9.17, 15) is 9.59 Å². The number of nitrogens with zero attached hydrogens (tertiary/aromatic N) is 3. The molecule has 6 nitrogen and oxygen atoms in total. The van der Waals surface area contributed by atoms with Crippen LogP contribution >= 0.6 is 0 Å². The number of aromatic nitrogens is 1. The average Bonchev–Trinajstić information content (AvgIpc) is 2.89. The van der Waals surface area contributed by atoms with Gasteiger partial charge in [-0.2, -0.15) is 0 Å². The maximum atomic E-state index is 11.7. The quantitative estimate of drug-likeness (QED) is 0.501. The van der Waals surface area contributed by atoms with Crippen molar-refractivity contribution in [3.8, 4) is 11.8 Å². The zero-order valence-electron chi connectivity index (χ0n) is 20.3. The van der Waals surface area contributed by atoms with Crippen LogP contribution in [-0.2, 0) is 9.59 Å². The van der Waals surface area contributed by atoms with Crippen molar-refractivity contribution >= 4 is 28.8 Å². The Morgan fingerprint density at radius 3 is 2.71 bits per heavy atom. The number of piperidine rings is 1. The summed E-state index contributed by atoms with van der Waals surface area (Å²) in [6, 6.07) is 6.05. The summed E-state index contributed by atoms with van der Waals surface area (Å²) >= 11 is 0. The molecular weight excluding hydrogens is 424 g/mol. The average molecular weight is 461 g/mol. The summed E-state index contributed by atoms with van der Waals surface area (Å²) in [5.74, 6) is 8.15. The van der Waals surface area contributed by atoms with Crippen LogP contribution in [0.2, 0.25) is 0 Å². The molecule has 1 aromatic heterocycles. The topological polar surface area (TPSA) is 65.5 Å². The fraction of sp³-hybridized carbons (Fsp3) is 0.536. The smallest absolute Gasteiger partial charge is 0.221 e. The lowest BCUT2D eigenvalue weighted by molar-refractivity contribution is -0.120. The van der Waals surface area contributed by atoms with Gasteiger partial charge in [0.15, 0.2) is 0 Å². The standard InChI is InChI=1S/C28H36N4O2/c1-29-28(34)13-16-32(21-33)27-19-30-18-25-17-23(9-10-26(25)27)8-7-22-11-14-31(15-12-22)20-24-5-3-2-4-6-24/h9-10,17-19,21-22,24H,2-6,11-16,20H2,1H3,(H,29,34). The number of amides is 2. The van der Waals surface area contributed by atoms with Crippen molar-refractivity contribution in [1.82, 2.24) is 15.2 Å². The van der Waals surface area contributed by atoms with Crippen LogP contribution in [0.3, 0.4) is 0 Å². The third-order valence-electron chi connectivity index (χ3n) is 7.28. The molecule has 0 atom stereocenters. The van der Waals surface area contributed by atoms with Crippen LogP contribution < -0.4 is 10.2 Å². The first-order valence-corrected chi connectivity index (χ1v) is 12.7. The first-order valence-electron chi connectivity index (χ1n) is 12.7. The lowest BCUT2D eigenvalue weighted by Gasteiger charge is -2.34. The minimum Gasteiger partial charge on any atom is -0.359 e. The maximum absolute atomic E-state index is 11.7. The number of hydrogen-bond donors (Lipinski definition) is 1. The van der Waals surface area contributed by atoms with Crippen LogP contribution in [0.4, 0.5) is 5.69 Å². The second kappa shape index (κ2) is 12.0. The predicted octanol–water partition coefficient (Wildman–Crippen LogP) is 3.98. The summed E-state index contributed by atoms with van der Waals surface area (Å²) in [5.41, 5.74) is 1.68. The fourth-order valence-corrected chi connectivity index (χ4v) is 5.22. The number of pyridine rings is 1. The summed E-state index contributed by atoms with van der Waals surface area (Å²) in [6.45, 7) is 3.92. The minimum absolute atomic E-state index is 0.0996. The second-order valence-electron chi connectivity index (χ2n) is 9.66. The van der Waals surface area contributed by atoms with Crippen LogP contribution in [-0.4, -0.2) is 55.4 Å². The van der Waals surface area contributed by atoms with E-state index in [-0.39, 0.29) is 12.3 Å². The third-order valence-corrected chi connectivity index (χ3v) is 7.28. The Morgan fingerprint density at radius 1 is 1.18 bits per heavy atom. The molecule has 0 spiro atoms. The van der Waals surface area contributed by atoms with Gasteiger partial charge in [-0.1, -0.05) is 37.2 Å². The molecule has 4 rings (SSSR count). The van der Waals surface area contributed by atoms with E-state index < -0.39 is 0 Å². The van der Waals surface area contributed by atoms with Gasteiger partial charge in [0.1, 0.15) is 0 Å². The van der Waals surface area contributed by atoms with E-state index in [4.69, 9.17) is 0 Å². The highest BCUT2D eigenvalue weighted by Gasteiger charge is 2.22. The highest BCUT2D eigenvalue weighted by Crippen LogP contribution is 2.27. The summed E-state index contributed by atoms with van der Waals surface area (Å²) in [4.78, 5) is 31.8. The van der Waals surface area contributed by atoms with Gasteiger partial charge in [0, 0.05) is 55.0 Å². The molecule has 2 aromatic rings. The molecule has 1 aromatic carbocycles. The Balaban J connectivity index is 1.37. The number of carbonyl (C=O) groups is 2. The van der Waals surface area contributed by atoms with Crippen LogP contribution in [0, 0.1) is 23.7 Å². The van der Waals surface area contributed by atoms with Gasteiger partial charge in [-0.15, -0.1) is 0 Å². The zero-order chi connectivity index (χ0) is 23.8. The molecule has 180 valence electrons. The van der Waals surface area contributed by atoms with Crippen molar-refractivity contribution in [1.29, 1.82) is 0 Å². The normalized spacial score (nSPS) is 17.7. The summed E-state index contributed by atoms with van der Waals surface area (Å²) in [7, 11) is 1.59. The SMILES string of the molecule is CNC(=O)CCN(C=O)c1cncc2cc(C#CC3CCN(CC4CCCCC4)CC3)ccc12. The molecule has 1 aliphatic heterocycles. The maximum Gasteiger partial charge on any atom is 0.221 e. The van der Waals surface area contributed by atoms with Gasteiger partial charge < -0.3 is 15.1 Å². The molecule has 2 heterocycles. The van der Waals surface area contributed by atoms with Crippen molar-refractivity contribution in [3.63, 3.8) is 0 Å². The Hall–Kier alpha value is -2.91. The summed E-state index contributed by atoms with van der Waals surface area (Å²) in [6.07, 6.45) is 13.9. The molecule has 1 N–H and O–H groups in total. The van der Waals surface area contributed by atoms with Gasteiger partial charge in [-0.25, -0.2) is 0 Å². The first kappa shape index (κ1) is 24.2. The van der Waals surface area contributed by atoms with Gasteiger partial charge >= 0.3 is 0 Å². The van der Waals surface area contributed by atoms with E-state index in [1.807, 2.05) is 18.2 Å². The molecule has 0 radical (unpaired) electrons. The van der Waals surface area contributed by atoms with Crippen molar-refractivity contribution in [2.45, 2.75) is 51.4 Å². The van der Waals surface area contributed by atoms with Gasteiger partial charge in [-0.3, -0.25) is 14.6 Å². The zero-order valence-corrected chi connectivity index (χ0v) is 20.3. The molecule has 34 heavy (non-hydrogen) atoms. The van der Waals surface area contributed by atoms with E-state index in [0.717, 1.165) is 41.5 Å².